The molecule has 0 unspecified atom stereocenters. The van der Waals surface area contributed by atoms with Crippen molar-refractivity contribution in [2.75, 3.05) is 28.6 Å². The van der Waals surface area contributed by atoms with E-state index in [9.17, 15) is 9.59 Å². The predicted molar refractivity (Wildman–Crippen MR) is 128 cm³/mol. The smallest absolute Gasteiger partial charge is 0.258 e. The second-order valence-electron chi connectivity index (χ2n) is 7.68. The Morgan fingerprint density at radius 2 is 1.69 bits per heavy atom. The van der Waals surface area contributed by atoms with Gasteiger partial charge in [0.15, 0.2) is 0 Å². The monoisotopic (exact) mass is 451 g/mol. The van der Waals surface area contributed by atoms with Gasteiger partial charge in [-0.3, -0.25) is 14.6 Å². The lowest BCUT2D eigenvalue weighted by molar-refractivity contribution is -0.120. The second kappa shape index (κ2) is 10.7. The average molecular weight is 452 g/mol. The third kappa shape index (κ3) is 5.62. The van der Waals surface area contributed by atoms with E-state index in [1.165, 1.54) is 0 Å². The largest absolute Gasteiger partial charge is 0.371 e. The van der Waals surface area contributed by atoms with Crippen molar-refractivity contribution in [1.82, 2.24) is 9.97 Å². The lowest BCUT2D eigenvalue weighted by atomic mass is 9.95. The fraction of sp³-hybridized carbons (Fsp3) is 0.250. The van der Waals surface area contributed by atoms with Crippen LogP contribution in [0.2, 0.25) is 0 Å². The van der Waals surface area contributed by atoms with Gasteiger partial charge in [0.25, 0.3) is 5.91 Å². The van der Waals surface area contributed by atoms with Gasteiger partial charge in [0.2, 0.25) is 5.91 Å². The van der Waals surface area contributed by atoms with Crippen LogP contribution >= 0.6 is 12.4 Å². The van der Waals surface area contributed by atoms with Crippen LogP contribution in [0.4, 0.5) is 17.2 Å². The van der Waals surface area contributed by atoms with E-state index < -0.39 is 0 Å². The quantitative estimate of drug-likeness (QED) is 0.603. The molecule has 32 heavy (non-hydrogen) atoms. The molecule has 1 aliphatic heterocycles. The fourth-order valence-electron chi connectivity index (χ4n) is 3.71. The molecule has 1 aliphatic rings. The van der Waals surface area contributed by atoms with E-state index in [-0.39, 0.29) is 30.1 Å². The van der Waals surface area contributed by atoms with Crippen LogP contribution in [-0.4, -0.2) is 34.9 Å². The molecule has 1 aromatic carbocycles. The Kier molecular flexibility index (Phi) is 7.78. The lowest BCUT2D eigenvalue weighted by Crippen LogP contribution is -2.38. The molecule has 0 bridgehead atoms. The van der Waals surface area contributed by atoms with Crippen LogP contribution in [0.3, 0.4) is 0 Å². The standard InChI is InChI=1S/C24H25N5O2.ClH/c1-17-6-7-22(26-16-17)28-24(31)20-4-2-3-5-21(20)27-23(30)18-10-14-29(15-11-18)19-8-12-25-13-9-19;/h2-9,12-13,16,18H,10-11,14-15H2,1H3,(H,27,30)(H,26,28,31);1H. The van der Waals surface area contributed by atoms with Crippen LogP contribution in [0.1, 0.15) is 28.8 Å². The number of nitrogens with one attached hydrogen (secondary N) is 2. The highest BCUT2D eigenvalue weighted by Gasteiger charge is 2.26. The van der Waals surface area contributed by atoms with Gasteiger partial charge in [-0.15, -0.1) is 12.4 Å². The van der Waals surface area contributed by atoms with Gasteiger partial charge in [0, 0.05) is 43.3 Å². The number of aryl methyl sites for hydroxylation is 1. The van der Waals surface area contributed by atoms with Gasteiger partial charge in [-0.25, -0.2) is 4.98 Å². The predicted octanol–water partition coefficient (Wildman–Crippen LogP) is 4.31. The van der Waals surface area contributed by atoms with E-state index >= 15 is 0 Å². The van der Waals surface area contributed by atoms with Gasteiger partial charge in [0.05, 0.1) is 11.3 Å². The maximum atomic E-state index is 12.9. The summed E-state index contributed by atoms with van der Waals surface area (Å²) in [5.41, 5.74) is 3.06. The average Bonchev–Trinajstić information content (AvgIpc) is 2.81. The molecule has 0 atom stereocenters. The van der Waals surface area contributed by atoms with Crippen LogP contribution in [0.5, 0.6) is 0 Å². The van der Waals surface area contributed by atoms with Crippen LogP contribution in [0.25, 0.3) is 0 Å². The number of piperidine rings is 1. The molecule has 4 rings (SSSR count). The summed E-state index contributed by atoms with van der Waals surface area (Å²) in [5.74, 6) is 0.0241. The molecular weight excluding hydrogens is 426 g/mol. The van der Waals surface area contributed by atoms with Crippen molar-refractivity contribution in [3.05, 3.63) is 78.2 Å². The first kappa shape index (κ1) is 23.2. The molecular formula is C24H26ClN5O2. The fourth-order valence-corrected chi connectivity index (χ4v) is 3.71. The highest BCUT2D eigenvalue weighted by molar-refractivity contribution is 6.10. The third-order valence-electron chi connectivity index (χ3n) is 5.48. The molecule has 2 aromatic heterocycles. The molecule has 0 saturated carbocycles. The molecule has 0 radical (unpaired) electrons. The Morgan fingerprint density at radius 1 is 0.969 bits per heavy atom. The molecule has 1 fully saturated rings. The number of para-hydroxylation sites is 1. The van der Waals surface area contributed by atoms with Crippen molar-refractivity contribution < 1.29 is 9.59 Å². The van der Waals surface area contributed by atoms with Gasteiger partial charge in [-0.2, -0.15) is 0 Å². The van der Waals surface area contributed by atoms with E-state index in [2.05, 4.69) is 25.5 Å². The number of amides is 2. The number of aromatic nitrogens is 2. The number of hydrogen-bond acceptors (Lipinski definition) is 5. The number of hydrogen-bond donors (Lipinski definition) is 2. The van der Waals surface area contributed by atoms with Gasteiger partial charge in [-0.1, -0.05) is 18.2 Å². The molecule has 2 amide bonds. The summed E-state index contributed by atoms with van der Waals surface area (Å²) in [6.07, 6.45) is 6.78. The number of carbonyl (C=O) groups is 2. The first-order valence-electron chi connectivity index (χ1n) is 10.4. The van der Waals surface area contributed by atoms with E-state index in [1.807, 2.05) is 31.2 Å². The van der Waals surface area contributed by atoms with Gasteiger partial charge >= 0.3 is 0 Å². The van der Waals surface area contributed by atoms with Crippen LogP contribution in [0, 0.1) is 12.8 Å². The van der Waals surface area contributed by atoms with Crippen LogP contribution in [-0.2, 0) is 4.79 Å². The SMILES string of the molecule is Cc1ccc(NC(=O)c2ccccc2NC(=O)C2CCN(c3ccncc3)CC2)nc1.Cl. The summed E-state index contributed by atoms with van der Waals surface area (Å²) in [6, 6.07) is 14.6. The van der Waals surface area contributed by atoms with E-state index in [4.69, 9.17) is 0 Å². The van der Waals surface area contributed by atoms with E-state index in [0.29, 0.717) is 17.1 Å². The number of pyridine rings is 2. The number of anilines is 3. The highest BCUT2D eigenvalue weighted by atomic mass is 35.5. The van der Waals surface area contributed by atoms with Crippen molar-refractivity contribution in [3.8, 4) is 0 Å². The number of nitrogens with zero attached hydrogens (tertiary/aromatic N) is 3. The Hall–Kier alpha value is -3.45. The topological polar surface area (TPSA) is 87.2 Å². The maximum absolute atomic E-state index is 12.9. The molecule has 8 heteroatoms. The van der Waals surface area contributed by atoms with Crippen molar-refractivity contribution >= 4 is 41.4 Å². The van der Waals surface area contributed by atoms with Crippen LogP contribution in [0.15, 0.2) is 67.1 Å². The Balaban J connectivity index is 0.00000289. The zero-order valence-corrected chi connectivity index (χ0v) is 18.6. The van der Waals surface area contributed by atoms with Crippen molar-refractivity contribution in [2.24, 2.45) is 5.92 Å². The van der Waals surface area contributed by atoms with Crippen molar-refractivity contribution in [3.63, 3.8) is 0 Å². The molecule has 3 heterocycles. The third-order valence-corrected chi connectivity index (χ3v) is 5.48. The highest BCUT2D eigenvalue weighted by Crippen LogP contribution is 2.25. The number of halogens is 1. The van der Waals surface area contributed by atoms with Gasteiger partial charge in [-0.05, 0) is 55.7 Å². The summed E-state index contributed by atoms with van der Waals surface area (Å²) in [7, 11) is 0. The molecule has 1 saturated heterocycles. The minimum Gasteiger partial charge on any atom is -0.371 e. The summed E-state index contributed by atoms with van der Waals surface area (Å²) >= 11 is 0. The Morgan fingerprint density at radius 3 is 2.38 bits per heavy atom. The second-order valence-corrected chi connectivity index (χ2v) is 7.68. The Bertz CT molecular complexity index is 1050. The summed E-state index contributed by atoms with van der Waals surface area (Å²) < 4.78 is 0. The maximum Gasteiger partial charge on any atom is 0.258 e. The van der Waals surface area contributed by atoms with E-state index in [1.54, 1.807) is 42.9 Å². The number of carbonyl (C=O) groups excluding carboxylic acids is 2. The van der Waals surface area contributed by atoms with Crippen LogP contribution < -0.4 is 15.5 Å². The molecule has 166 valence electrons. The molecule has 7 nitrogen and oxygen atoms in total. The zero-order valence-electron chi connectivity index (χ0n) is 17.8. The normalized spacial score (nSPS) is 13.7. The van der Waals surface area contributed by atoms with Crippen molar-refractivity contribution in [1.29, 1.82) is 0 Å². The Labute approximate surface area is 193 Å². The molecule has 2 N–H and O–H groups in total. The summed E-state index contributed by atoms with van der Waals surface area (Å²) in [6.45, 7) is 3.55. The molecule has 0 aliphatic carbocycles. The molecule has 0 spiro atoms. The first-order chi connectivity index (χ1) is 15.1. The minimum atomic E-state index is -0.306. The summed E-state index contributed by atoms with van der Waals surface area (Å²) in [4.78, 5) is 36.2. The van der Waals surface area contributed by atoms with Gasteiger partial charge < -0.3 is 15.5 Å². The number of rotatable bonds is 5. The van der Waals surface area contributed by atoms with E-state index in [0.717, 1.165) is 37.2 Å². The molecule has 3 aromatic rings. The minimum absolute atomic E-state index is 0. The summed E-state index contributed by atoms with van der Waals surface area (Å²) in [5, 5.41) is 5.75. The number of benzene rings is 1. The van der Waals surface area contributed by atoms with Crippen molar-refractivity contribution in [2.45, 2.75) is 19.8 Å². The zero-order chi connectivity index (χ0) is 21.6. The lowest BCUT2D eigenvalue weighted by Gasteiger charge is -2.33. The van der Waals surface area contributed by atoms with Gasteiger partial charge in [0.1, 0.15) is 5.82 Å². The first-order valence-corrected chi connectivity index (χ1v) is 10.4.